The molecule has 0 radical (unpaired) electrons. The van der Waals surface area contributed by atoms with Gasteiger partial charge in [0.05, 0.1) is 5.69 Å². The summed E-state index contributed by atoms with van der Waals surface area (Å²) in [7, 11) is 0. The monoisotopic (exact) mass is 146 g/mol. The van der Waals surface area contributed by atoms with Crippen LogP contribution < -0.4 is 0 Å². The number of allylic oxidation sites excluding steroid dienone is 1. The highest BCUT2D eigenvalue weighted by atomic mass is 14.8. The van der Waals surface area contributed by atoms with Crippen LogP contribution >= 0.6 is 0 Å². The van der Waals surface area contributed by atoms with E-state index in [1.54, 1.807) is 12.3 Å². The Labute approximate surface area is 66.3 Å². The van der Waals surface area contributed by atoms with Gasteiger partial charge in [0.25, 0.3) is 0 Å². The smallest absolute Gasteiger partial charge is 0.116 e. The Hall–Kier alpha value is -1.44. The van der Waals surface area contributed by atoms with E-state index >= 15 is 0 Å². The minimum absolute atomic E-state index is 0.840. The van der Waals surface area contributed by atoms with Gasteiger partial charge in [0.2, 0.25) is 0 Å². The van der Waals surface area contributed by atoms with Crippen LogP contribution in [-0.4, -0.2) is 9.97 Å². The average molecular weight is 146 g/mol. The van der Waals surface area contributed by atoms with E-state index in [-0.39, 0.29) is 0 Å². The van der Waals surface area contributed by atoms with Crippen molar-refractivity contribution in [1.29, 1.82) is 0 Å². The summed E-state index contributed by atoms with van der Waals surface area (Å²) in [4.78, 5) is 7.92. The largest absolute Gasteiger partial charge is 0.244 e. The van der Waals surface area contributed by atoms with E-state index in [2.05, 4.69) is 23.1 Å². The lowest BCUT2D eigenvalue weighted by atomic mass is 10.1. The Balaban J connectivity index is 3.22. The molecule has 0 bridgehead atoms. The lowest BCUT2D eigenvalue weighted by Gasteiger charge is -2.00. The zero-order valence-electron chi connectivity index (χ0n) is 6.54. The molecular weight excluding hydrogens is 136 g/mol. The normalized spacial score (nSPS) is 9.18. The minimum Gasteiger partial charge on any atom is -0.244 e. The lowest BCUT2D eigenvalue weighted by Crippen LogP contribution is -1.89. The minimum atomic E-state index is 0.840. The third-order valence-electron chi connectivity index (χ3n) is 1.40. The van der Waals surface area contributed by atoms with Crippen LogP contribution in [0.4, 0.5) is 0 Å². The van der Waals surface area contributed by atoms with Crippen LogP contribution in [0.25, 0.3) is 11.6 Å². The molecule has 0 aromatic carbocycles. The third kappa shape index (κ3) is 1.52. The molecule has 56 valence electrons. The van der Waals surface area contributed by atoms with Gasteiger partial charge in [-0.05, 0) is 18.6 Å². The third-order valence-corrected chi connectivity index (χ3v) is 1.40. The van der Waals surface area contributed by atoms with Crippen LogP contribution in [0.15, 0.2) is 25.7 Å². The molecule has 0 aliphatic carbocycles. The molecule has 2 nitrogen and oxygen atoms in total. The van der Waals surface area contributed by atoms with Crippen LogP contribution in [0, 0.1) is 0 Å². The molecule has 0 saturated carbocycles. The maximum atomic E-state index is 4.03. The van der Waals surface area contributed by atoms with Gasteiger partial charge in [-0.3, -0.25) is 0 Å². The molecule has 0 N–H and O–H groups in total. The Morgan fingerprint density at radius 1 is 1.64 bits per heavy atom. The van der Waals surface area contributed by atoms with E-state index in [4.69, 9.17) is 0 Å². The van der Waals surface area contributed by atoms with Crippen molar-refractivity contribution in [3.8, 4) is 0 Å². The standard InChI is InChI=1S/C9H10N2/c1-4-9-8(7(2)3)5-10-6-11-9/h4-6H,1-2H2,3H3. The van der Waals surface area contributed by atoms with Gasteiger partial charge in [0, 0.05) is 11.8 Å². The molecule has 0 saturated heterocycles. The summed E-state index contributed by atoms with van der Waals surface area (Å²) < 4.78 is 0. The number of nitrogens with zero attached hydrogens (tertiary/aromatic N) is 2. The molecular formula is C9H10N2. The highest BCUT2D eigenvalue weighted by Crippen LogP contribution is 2.13. The predicted molar refractivity (Wildman–Crippen MR) is 46.8 cm³/mol. The van der Waals surface area contributed by atoms with Crippen molar-refractivity contribution in [3.63, 3.8) is 0 Å². The van der Waals surface area contributed by atoms with Crippen molar-refractivity contribution >= 4 is 11.6 Å². The molecule has 11 heavy (non-hydrogen) atoms. The first-order valence-corrected chi connectivity index (χ1v) is 3.34. The molecule has 0 atom stereocenters. The van der Waals surface area contributed by atoms with Crippen LogP contribution in [0.3, 0.4) is 0 Å². The van der Waals surface area contributed by atoms with E-state index in [0.717, 1.165) is 16.8 Å². The van der Waals surface area contributed by atoms with E-state index in [1.165, 1.54) is 6.33 Å². The average Bonchev–Trinajstić information content (AvgIpc) is 2.04. The van der Waals surface area contributed by atoms with Gasteiger partial charge in [0.1, 0.15) is 6.33 Å². The van der Waals surface area contributed by atoms with E-state index in [9.17, 15) is 0 Å². The lowest BCUT2D eigenvalue weighted by molar-refractivity contribution is 1.14. The molecule has 1 aromatic rings. The van der Waals surface area contributed by atoms with E-state index in [1.807, 2.05) is 6.92 Å². The number of rotatable bonds is 2. The first-order valence-electron chi connectivity index (χ1n) is 3.34. The second kappa shape index (κ2) is 3.10. The number of hydrogen-bond acceptors (Lipinski definition) is 2. The zero-order chi connectivity index (χ0) is 8.27. The fourth-order valence-electron chi connectivity index (χ4n) is 0.831. The Bertz CT molecular complexity index is 289. The summed E-state index contributed by atoms with van der Waals surface area (Å²) in [5.74, 6) is 0. The van der Waals surface area contributed by atoms with Gasteiger partial charge >= 0.3 is 0 Å². The van der Waals surface area contributed by atoms with Crippen molar-refractivity contribution < 1.29 is 0 Å². The highest BCUT2D eigenvalue weighted by molar-refractivity contribution is 5.68. The summed E-state index contributed by atoms with van der Waals surface area (Å²) in [5, 5.41) is 0. The summed E-state index contributed by atoms with van der Waals surface area (Å²) in [6, 6.07) is 0. The maximum Gasteiger partial charge on any atom is 0.116 e. The summed E-state index contributed by atoms with van der Waals surface area (Å²) in [6.45, 7) is 9.37. The van der Waals surface area contributed by atoms with Crippen molar-refractivity contribution in [2.24, 2.45) is 0 Å². The van der Waals surface area contributed by atoms with E-state index < -0.39 is 0 Å². The van der Waals surface area contributed by atoms with Crippen molar-refractivity contribution in [2.75, 3.05) is 0 Å². The Kier molecular flexibility index (Phi) is 2.16. The molecule has 0 unspecified atom stereocenters. The Morgan fingerprint density at radius 2 is 2.36 bits per heavy atom. The highest BCUT2D eigenvalue weighted by Gasteiger charge is 1.98. The summed E-state index contributed by atoms with van der Waals surface area (Å²) in [6.07, 6.45) is 4.95. The van der Waals surface area contributed by atoms with Crippen LogP contribution in [-0.2, 0) is 0 Å². The number of aromatic nitrogens is 2. The first kappa shape index (κ1) is 7.66. The second-order valence-corrected chi connectivity index (χ2v) is 2.31. The van der Waals surface area contributed by atoms with Gasteiger partial charge in [-0.15, -0.1) is 0 Å². The fraction of sp³-hybridized carbons (Fsp3) is 0.111. The molecule has 0 aliphatic heterocycles. The molecule has 0 spiro atoms. The number of hydrogen-bond donors (Lipinski definition) is 0. The first-order chi connectivity index (χ1) is 5.25. The van der Waals surface area contributed by atoms with Gasteiger partial charge in [-0.2, -0.15) is 0 Å². The quantitative estimate of drug-likeness (QED) is 0.639. The van der Waals surface area contributed by atoms with Crippen molar-refractivity contribution in [3.05, 3.63) is 36.9 Å². The van der Waals surface area contributed by atoms with E-state index in [0.29, 0.717) is 0 Å². The van der Waals surface area contributed by atoms with Crippen LogP contribution in [0.1, 0.15) is 18.2 Å². The topological polar surface area (TPSA) is 25.8 Å². The summed E-state index contributed by atoms with van der Waals surface area (Å²) in [5.41, 5.74) is 2.76. The molecule has 0 fully saturated rings. The molecule has 1 heterocycles. The van der Waals surface area contributed by atoms with Gasteiger partial charge in [-0.25, -0.2) is 9.97 Å². The molecule has 0 aliphatic rings. The fourth-order valence-corrected chi connectivity index (χ4v) is 0.831. The zero-order valence-corrected chi connectivity index (χ0v) is 6.54. The molecule has 2 heteroatoms. The summed E-state index contributed by atoms with van der Waals surface area (Å²) >= 11 is 0. The molecule has 1 rings (SSSR count). The van der Waals surface area contributed by atoms with Gasteiger partial charge < -0.3 is 0 Å². The molecule has 1 aromatic heterocycles. The SMILES string of the molecule is C=Cc1ncncc1C(=C)C. The van der Waals surface area contributed by atoms with Gasteiger partial charge in [0.15, 0.2) is 0 Å². The van der Waals surface area contributed by atoms with Crippen molar-refractivity contribution in [2.45, 2.75) is 6.92 Å². The van der Waals surface area contributed by atoms with Crippen molar-refractivity contribution in [1.82, 2.24) is 9.97 Å². The predicted octanol–water partition coefficient (Wildman–Crippen LogP) is 2.15. The maximum absolute atomic E-state index is 4.03. The second-order valence-electron chi connectivity index (χ2n) is 2.31. The Morgan fingerprint density at radius 3 is 2.82 bits per heavy atom. The van der Waals surface area contributed by atoms with Gasteiger partial charge in [-0.1, -0.05) is 13.2 Å². The van der Waals surface area contributed by atoms with Crippen LogP contribution in [0.5, 0.6) is 0 Å². The molecule has 0 amide bonds. The van der Waals surface area contributed by atoms with Crippen LogP contribution in [0.2, 0.25) is 0 Å².